The lowest BCUT2D eigenvalue weighted by atomic mass is 9.97. The molecule has 0 spiro atoms. The summed E-state index contributed by atoms with van der Waals surface area (Å²) in [4.78, 5) is 0. The molecule has 0 N–H and O–H groups in total. The molecular formula is C12H16. The van der Waals surface area contributed by atoms with Crippen molar-refractivity contribution in [2.45, 2.75) is 26.2 Å². The Bertz CT molecular complexity index is 260. The molecule has 0 aliphatic heterocycles. The summed E-state index contributed by atoms with van der Waals surface area (Å²) in [5, 5.41) is 0. The highest BCUT2D eigenvalue weighted by Crippen LogP contribution is 2.19. The van der Waals surface area contributed by atoms with Gasteiger partial charge in [0.1, 0.15) is 0 Å². The van der Waals surface area contributed by atoms with E-state index >= 15 is 0 Å². The van der Waals surface area contributed by atoms with Gasteiger partial charge >= 0.3 is 0 Å². The molecule has 0 nitrogen and oxygen atoms in total. The van der Waals surface area contributed by atoms with Crippen LogP contribution < -0.4 is 0 Å². The Hall–Kier alpha value is -1.04. The zero-order chi connectivity index (χ0) is 8.97. The largest absolute Gasteiger partial charge is 0.103 e. The fraction of sp³-hybridized carbons (Fsp3) is 0.333. The van der Waals surface area contributed by atoms with Crippen LogP contribution in [0, 0.1) is 6.92 Å². The summed E-state index contributed by atoms with van der Waals surface area (Å²) in [6.45, 7) is 8.11. The first-order chi connectivity index (χ1) is 5.74. The third-order valence-corrected chi connectivity index (χ3v) is 2.13. The highest BCUT2D eigenvalue weighted by molar-refractivity contribution is 5.25. The van der Waals surface area contributed by atoms with Gasteiger partial charge in [-0.25, -0.2) is 0 Å². The van der Waals surface area contributed by atoms with Gasteiger partial charge in [0.05, 0.1) is 0 Å². The van der Waals surface area contributed by atoms with E-state index in [1.54, 1.807) is 0 Å². The van der Waals surface area contributed by atoms with E-state index < -0.39 is 0 Å². The van der Waals surface area contributed by atoms with E-state index in [1.807, 2.05) is 6.08 Å². The second-order valence-corrected chi connectivity index (χ2v) is 3.34. The van der Waals surface area contributed by atoms with E-state index in [2.05, 4.69) is 44.7 Å². The van der Waals surface area contributed by atoms with Gasteiger partial charge in [0.25, 0.3) is 0 Å². The van der Waals surface area contributed by atoms with Crippen molar-refractivity contribution in [2.24, 2.45) is 0 Å². The maximum Gasteiger partial charge on any atom is -0.0156 e. The Kier molecular flexibility index (Phi) is 3.09. The van der Waals surface area contributed by atoms with Crippen LogP contribution in [0.5, 0.6) is 0 Å². The van der Waals surface area contributed by atoms with Crippen LogP contribution >= 0.6 is 0 Å². The highest BCUT2D eigenvalue weighted by atomic mass is 14.1. The fourth-order valence-electron chi connectivity index (χ4n) is 1.36. The number of rotatable bonds is 3. The lowest BCUT2D eigenvalue weighted by Gasteiger charge is -2.09. The molecule has 1 atom stereocenters. The first kappa shape index (κ1) is 9.05. The Morgan fingerprint density at radius 2 is 2.25 bits per heavy atom. The van der Waals surface area contributed by atoms with Crippen LogP contribution in [0.4, 0.5) is 0 Å². The Labute approximate surface area is 74.9 Å². The molecule has 0 aliphatic carbocycles. The maximum atomic E-state index is 3.75. The standard InChI is InChI=1S/C12H16/c1-4-6-11(3)12-8-5-7-10(2)9-12/h4-5,7-9,11H,1,6H2,2-3H3. The maximum absolute atomic E-state index is 3.75. The third-order valence-electron chi connectivity index (χ3n) is 2.13. The molecule has 0 saturated carbocycles. The average Bonchev–Trinajstić information content (AvgIpc) is 2.05. The molecular weight excluding hydrogens is 144 g/mol. The van der Waals surface area contributed by atoms with Crippen LogP contribution in [-0.4, -0.2) is 0 Å². The Balaban J connectivity index is 2.80. The molecule has 64 valence electrons. The molecule has 0 saturated heterocycles. The first-order valence-corrected chi connectivity index (χ1v) is 4.41. The zero-order valence-corrected chi connectivity index (χ0v) is 7.88. The van der Waals surface area contributed by atoms with E-state index in [0.717, 1.165) is 6.42 Å². The predicted molar refractivity (Wildman–Crippen MR) is 54.4 cm³/mol. The Morgan fingerprint density at radius 1 is 1.50 bits per heavy atom. The van der Waals surface area contributed by atoms with E-state index in [0.29, 0.717) is 5.92 Å². The van der Waals surface area contributed by atoms with Gasteiger partial charge in [-0.1, -0.05) is 42.8 Å². The summed E-state index contributed by atoms with van der Waals surface area (Å²) in [5.41, 5.74) is 2.75. The normalized spacial score (nSPS) is 12.5. The second-order valence-electron chi connectivity index (χ2n) is 3.34. The van der Waals surface area contributed by atoms with Gasteiger partial charge < -0.3 is 0 Å². The van der Waals surface area contributed by atoms with E-state index in [4.69, 9.17) is 0 Å². The predicted octanol–water partition coefficient (Wildman–Crippen LogP) is 3.67. The summed E-state index contributed by atoms with van der Waals surface area (Å²) in [7, 11) is 0. The van der Waals surface area contributed by atoms with Gasteiger partial charge in [0.2, 0.25) is 0 Å². The topological polar surface area (TPSA) is 0 Å². The summed E-state index contributed by atoms with van der Waals surface area (Å²) in [5.74, 6) is 0.599. The van der Waals surface area contributed by atoms with Crippen molar-refractivity contribution in [3.8, 4) is 0 Å². The molecule has 0 heterocycles. The quantitative estimate of drug-likeness (QED) is 0.592. The summed E-state index contributed by atoms with van der Waals surface area (Å²) in [6, 6.07) is 8.67. The van der Waals surface area contributed by atoms with Crippen molar-refractivity contribution in [3.05, 3.63) is 48.0 Å². The minimum absolute atomic E-state index is 0.599. The van der Waals surface area contributed by atoms with Crippen LogP contribution in [0.15, 0.2) is 36.9 Å². The summed E-state index contributed by atoms with van der Waals surface area (Å²) < 4.78 is 0. The van der Waals surface area contributed by atoms with Gasteiger partial charge in [-0.3, -0.25) is 0 Å². The molecule has 0 bridgehead atoms. The number of benzene rings is 1. The molecule has 1 aromatic rings. The lowest BCUT2D eigenvalue weighted by molar-refractivity contribution is 0.781. The zero-order valence-electron chi connectivity index (χ0n) is 7.88. The molecule has 0 aromatic heterocycles. The first-order valence-electron chi connectivity index (χ1n) is 4.41. The molecule has 0 radical (unpaired) electrons. The van der Waals surface area contributed by atoms with Crippen LogP contribution in [0.25, 0.3) is 0 Å². The summed E-state index contributed by atoms with van der Waals surface area (Å²) >= 11 is 0. The molecule has 0 amide bonds. The van der Waals surface area contributed by atoms with Gasteiger partial charge in [-0.15, -0.1) is 6.58 Å². The van der Waals surface area contributed by atoms with Crippen molar-refractivity contribution >= 4 is 0 Å². The van der Waals surface area contributed by atoms with Gasteiger partial charge in [0, 0.05) is 0 Å². The lowest BCUT2D eigenvalue weighted by Crippen LogP contribution is -1.91. The SMILES string of the molecule is C=CCC(C)c1cccc(C)c1. The van der Waals surface area contributed by atoms with Crippen LogP contribution in [0.2, 0.25) is 0 Å². The molecule has 1 unspecified atom stereocenters. The molecule has 12 heavy (non-hydrogen) atoms. The van der Waals surface area contributed by atoms with Crippen LogP contribution in [0.1, 0.15) is 30.4 Å². The van der Waals surface area contributed by atoms with Crippen molar-refractivity contribution < 1.29 is 0 Å². The second kappa shape index (κ2) is 4.10. The Morgan fingerprint density at radius 3 is 2.83 bits per heavy atom. The van der Waals surface area contributed by atoms with Crippen LogP contribution in [-0.2, 0) is 0 Å². The van der Waals surface area contributed by atoms with Crippen molar-refractivity contribution in [1.29, 1.82) is 0 Å². The van der Waals surface area contributed by atoms with Gasteiger partial charge in [-0.2, -0.15) is 0 Å². The van der Waals surface area contributed by atoms with Gasteiger partial charge in [0.15, 0.2) is 0 Å². The minimum atomic E-state index is 0.599. The smallest absolute Gasteiger partial charge is 0.0156 e. The monoisotopic (exact) mass is 160 g/mol. The molecule has 1 rings (SSSR count). The number of hydrogen-bond donors (Lipinski definition) is 0. The average molecular weight is 160 g/mol. The fourth-order valence-corrected chi connectivity index (χ4v) is 1.36. The number of allylic oxidation sites excluding steroid dienone is 1. The van der Waals surface area contributed by atoms with E-state index in [-0.39, 0.29) is 0 Å². The van der Waals surface area contributed by atoms with Crippen LogP contribution in [0.3, 0.4) is 0 Å². The highest BCUT2D eigenvalue weighted by Gasteiger charge is 2.01. The van der Waals surface area contributed by atoms with Crippen molar-refractivity contribution in [3.63, 3.8) is 0 Å². The van der Waals surface area contributed by atoms with E-state index in [1.165, 1.54) is 11.1 Å². The van der Waals surface area contributed by atoms with E-state index in [9.17, 15) is 0 Å². The van der Waals surface area contributed by atoms with Crippen molar-refractivity contribution in [1.82, 2.24) is 0 Å². The summed E-state index contributed by atoms with van der Waals surface area (Å²) in [6.07, 6.45) is 3.04. The minimum Gasteiger partial charge on any atom is -0.103 e. The molecule has 0 aliphatic rings. The molecule has 1 aromatic carbocycles. The molecule has 0 fully saturated rings. The third kappa shape index (κ3) is 2.23. The number of hydrogen-bond acceptors (Lipinski definition) is 0. The molecule has 0 heteroatoms. The van der Waals surface area contributed by atoms with Gasteiger partial charge in [-0.05, 0) is 24.8 Å². The number of aryl methyl sites for hydroxylation is 1. The van der Waals surface area contributed by atoms with Crippen molar-refractivity contribution in [2.75, 3.05) is 0 Å².